The van der Waals surface area contributed by atoms with E-state index in [9.17, 15) is 18.6 Å². The SMILES string of the molecule is CC(C)(C)c1cc(COS(=O)(=O)Cc2cc(C(C)(C)C)c(O)c(C(C)(C)C)c2)cc(C(C)(C)C)c1O.[Ca+2].[H-].[H-]. The first-order valence-corrected chi connectivity index (χ1v) is 14.1. The number of phenols is 2. The average molecular weight is 561 g/mol. The Hall–Kier alpha value is -0.790. The number of hydrogen-bond acceptors (Lipinski definition) is 5. The van der Waals surface area contributed by atoms with Gasteiger partial charge in [0.15, 0.2) is 0 Å². The van der Waals surface area contributed by atoms with E-state index >= 15 is 0 Å². The Kier molecular flexibility index (Phi) is 10.5. The van der Waals surface area contributed by atoms with Crippen molar-refractivity contribution in [3.63, 3.8) is 0 Å². The van der Waals surface area contributed by atoms with Crippen molar-refractivity contribution < 1.29 is 25.7 Å². The van der Waals surface area contributed by atoms with Crippen LogP contribution in [0, 0.1) is 0 Å². The van der Waals surface area contributed by atoms with Crippen molar-refractivity contribution in [3.8, 4) is 11.5 Å². The fraction of sp³-hybridized carbons (Fsp3) is 0.600. The third-order valence-electron chi connectivity index (χ3n) is 6.32. The maximum atomic E-state index is 13.1. The van der Waals surface area contributed by atoms with E-state index in [1.807, 2.05) is 95.2 Å². The number of rotatable bonds is 5. The molecule has 0 heterocycles. The molecule has 0 aliphatic rings. The van der Waals surface area contributed by atoms with Crippen molar-refractivity contribution in [2.24, 2.45) is 0 Å². The van der Waals surface area contributed by atoms with Crippen molar-refractivity contribution in [1.82, 2.24) is 0 Å². The standard InChI is InChI=1S/C30H46O5S.Ca.2H/c1-27(2,3)21-13-19(14-22(25(21)31)28(4,5)6)17-35-36(33,34)18-20-15-23(29(7,8)9)26(32)24(16-20)30(10,11)12;;;/h13-16,31-32H,17-18H2,1-12H3;;;/q;+2;2*-1. The van der Waals surface area contributed by atoms with Crippen molar-refractivity contribution in [2.75, 3.05) is 0 Å². The van der Waals surface area contributed by atoms with Gasteiger partial charge in [0.2, 0.25) is 0 Å². The molecule has 0 aliphatic heterocycles. The van der Waals surface area contributed by atoms with E-state index in [2.05, 4.69) is 0 Å². The summed E-state index contributed by atoms with van der Waals surface area (Å²) in [4.78, 5) is 0. The van der Waals surface area contributed by atoms with E-state index in [1.54, 1.807) is 12.1 Å². The van der Waals surface area contributed by atoms with Crippen molar-refractivity contribution in [1.29, 1.82) is 0 Å². The molecule has 0 aromatic heterocycles. The van der Waals surface area contributed by atoms with Crippen LogP contribution in [0.15, 0.2) is 24.3 Å². The first-order chi connectivity index (χ1) is 15.9. The van der Waals surface area contributed by atoms with Gasteiger partial charge < -0.3 is 13.1 Å². The van der Waals surface area contributed by atoms with Gasteiger partial charge in [-0.1, -0.05) is 95.2 Å². The van der Waals surface area contributed by atoms with Gasteiger partial charge in [-0.25, -0.2) is 0 Å². The second-order valence-corrected chi connectivity index (χ2v) is 15.7. The Morgan fingerprint density at radius 2 is 0.892 bits per heavy atom. The monoisotopic (exact) mass is 560 g/mol. The second-order valence-electron chi connectivity index (χ2n) is 14.0. The number of phenolic OH excluding ortho intramolecular Hbond substituents is 2. The van der Waals surface area contributed by atoms with Gasteiger partial charge in [0.25, 0.3) is 10.1 Å². The molecule has 0 unspecified atom stereocenters. The fourth-order valence-corrected chi connectivity index (χ4v) is 5.22. The molecule has 2 N–H and O–H groups in total. The smallest absolute Gasteiger partial charge is 1.00 e. The van der Waals surface area contributed by atoms with Gasteiger partial charge in [0.1, 0.15) is 17.3 Å². The van der Waals surface area contributed by atoms with Crippen LogP contribution in [0.3, 0.4) is 0 Å². The van der Waals surface area contributed by atoms with Gasteiger partial charge in [-0.15, -0.1) is 0 Å². The van der Waals surface area contributed by atoms with E-state index in [-0.39, 0.29) is 86.1 Å². The molecule has 2 aromatic rings. The fourth-order valence-electron chi connectivity index (χ4n) is 4.25. The zero-order valence-corrected chi connectivity index (χ0v) is 28.0. The molecule has 206 valence electrons. The van der Waals surface area contributed by atoms with E-state index < -0.39 is 10.1 Å². The molecule has 0 radical (unpaired) electrons. The molecule has 0 fully saturated rings. The molecule has 0 saturated heterocycles. The van der Waals surface area contributed by atoms with Gasteiger partial charge in [0, 0.05) is 0 Å². The maximum absolute atomic E-state index is 13.1. The van der Waals surface area contributed by atoms with E-state index in [0.29, 0.717) is 22.3 Å². The molecule has 0 amide bonds. The normalized spacial score (nSPS) is 13.4. The predicted octanol–water partition coefficient (Wildman–Crippen LogP) is 7.18. The Morgan fingerprint density at radius 3 is 1.16 bits per heavy atom. The zero-order chi connectivity index (χ0) is 28.1. The van der Waals surface area contributed by atoms with Crippen LogP contribution in [0.1, 0.15) is 119 Å². The van der Waals surface area contributed by atoms with E-state index in [0.717, 1.165) is 11.1 Å². The molecule has 0 atom stereocenters. The number of benzene rings is 2. The van der Waals surface area contributed by atoms with Crippen LogP contribution in [0.2, 0.25) is 0 Å². The molecular formula is C30H48CaO5S. The summed E-state index contributed by atoms with van der Waals surface area (Å²) in [6.07, 6.45) is 0. The summed E-state index contributed by atoms with van der Waals surface area (Å²) in [7, 11) is -3.92. The minimum Gasteiger partial charge on any atom is -1.00 e. The molecule has 0 aliphatic carbocycles. The van der Waals surface area contributed by atoms with Gasteiger partial charge in [-0.05, 0) is 67.2 Å². The molecule has 0 bridgehead atoms. The van der Waals surface area contributed by atoms with Crippen LogP contribution >= 0.6 is 0 Å². The molecule has 0 spiro atoms. The third kappa shape index (κ3) is 8.86. The second kappa shape index (κ2) is 11.4. The van der Waals surface area contributed by atoms with Crippen LogP contribution in [0.4, 0.5) is 0 Å². The van der Waals surface area contributed by atoms with Crippen LogP contribution in [0.5, 0.6) is 11.5 Å². The molecule has 37 heavy (non-hydrogen) atoms. The number of hydrogen-bond donors (Lipinski definition) is 2. The van der Waals surface area contributed by atoms with Gasteiger partial charge >= 0.3 is 37.7 Å². The summed E-state index contributed by atoms with van der Waals surface area (Å²) >= 11 is 0. The quantitative estimate of drug-likeness (QED) is 0.299. The Bertz CT molecular complexity index is 1160. The first kappa shape index (κ1) is 34.2. The Labute approximate surface area is 258 Å². The number of aromatic hydroxyl groups is 2. The van der Waals surface area contributed by atoms with Gasteiger partial charge in [-0.3, -0.25) is 4.18 Å². The largest absolute Gasteiger partial charge is 2.00 e. The summed E-state index contributed by atoms with van der Waals surface area (Å²) < 4.78 is 31.7. The van der Waals surface area contributed by atoms with Crippen LogP contribution < -0.4 is 0 Å². The summed E-state index contributed by atoms with van der Waals surface area (Å²) in [6.45, 7) is 23.9. The molecule has 7 heteroatoms. The molecule has 0 saturated carbocycles. The zero-order valence-electron chi connectivity index (χ0n) is 27.0. The van der Waals surface area contributed by atoms with Crippen LogP contribution in [-0.2, 0) is 48.3 Å². The summed E-state index contributed by atoms with van der Waals surface area (Å²) in [5, 5.41) is 21.9. The van der Waals surface area contributed by atoms with Crippen LogP contribution in [-0.4, -0.2) is 56.4 Å². The van der Waals surface area contributed by atoms with Gasteiger partial charge in [0.05, 0.1) is 6.61 Å². The topological polar surface area (TPSA) is 83.8 Å². The Morgan fingerprint density at radius 1 is 0.622 bits per heavy atom. The summed E-state index contributed by atoms with van der Waals surface area (Å²) in [5.41, 5.74) is 2.86. The van der Waals surface area contributed by atoms with Crippen LogP contribution in [0.25, 0.3) is 0 Å². The van der Waals surface area contributed by atoms with Gasteiger partial charge in [-0.2, -0.15) is 8.42 Å². The Balaban J connectivity index is 0. The summed E-state index contributed by atoms with van der Waals surface area (Å²) in [6, 6.07) is 7.19. The average Bonchev–Trinajstić information content (AvgIpc) is 2.64. The molecule has 2 rings (SSSR count). The summed E-state index contributed by atoms with van der Waals surface area (Å²) in [5.74, 6) is 0.163. The third-order valence-corrected chi connectivity index (χ3v) is 7.48. The van der Waals surface area contributed by atoms with E-state index in [1.165, 1.54) is 0 Å². The molecule has 5 nitrogen and oxygen atoms in total. The van der Waals surface area contributed by atoms with Crippen molar-refractivity contribution in [3.05, 3.63) is 57.6 Å². The molecule has 2 aromatic carbocycles. The van der Waals surface area contributed by atoms with Crippen molar-refractivity contribution >= 4 is 47.9 Å². The maximum Gasteiger partial charge on any atom is 2.00 e. The first-order valence-electron chi connectivity index (χ1n) is 12.5. The van der Waals surface area contributed by atoms with Crippen molar-refractivity contribution in [2.45, 2.75) is 117 Å². The minimum absolute atomic E-state index is 0. The minimum atomic E-state index is -3.92. The molecular weight excluding hydrogens is 512 g/mol. The predicted molar refractivity (Wildman–Crippen MR) is 156 cm³/mol. The van der Waals surface area contributed by atoms with E-state index in [4.69, 9.17) is 4.18 Å².